The minimum Gasteiger partial charge on any atom is -0.379 e. The van der Waals surface area contributed by atoms with Crippen LogP contribution in [0.3, 0.4) is 0 Å². The van der Waals surface area contributed by atoms with Gasteiger partial charge in [0.2, 0.25) is 5.91 Å². The third-order valence-electron chi connectivity index (χ3n) is 4.22. The summed E-state index contributed by atoms with van der Waals surface area (Å²) in [6.07, 6.45) is 5.17. The highest BCUT2D eigenvalue weighted by atomic mass is 16.5. The van der Waals surface area contributed by atoms with E-state index in [1.165, 1.54) is 19.3 Å². The van der Waals surface area contributed by atoms with Crippen LogP contribution in [0.2, 0.25) is 0 Å². The van der Waals surface area contributed by atoms with E-state index in [9.17, 15) is 4.79 Å². The van der Waals surface area contributed by atoms with Crippen LogP contribution in [0.15, 0.2) is 0 Å². The molecule has 1 saturated heterocycles. The van der Waals surface area contributed by atoms with Gasteiger partial charge in [0.05, 0.1) is 12.1 Å². The summed E-state index contributed by atoms with van der Waals surface area (Å²) in [6, 6.07) is 0.219. The number of rotatable bonds is 8. The van der Waals surface area contributed by atoms with E-state index in [1.807, 2.05) is 20.8 Å². The fourth-order valence-electron chi connectivity index (χ4n) is 2.89. The van der Waals surface area contributed by atoms with Crippen LogP contribution in [0.4, 0.5) is 0 Å². The third kappa shape index (κ3) is 7.28. The van der Waals surface area contributed by atoms with Crippen molar-refractivity contribution in [2.24, 2.45) is 5.92 Å². The molecular weight excluding hydrogens is 264 g/mol. The number of ether oxygens (including phenoxy) is 1. The molecule has 1 aliphatic heterocycles. The highest BCUT2D eigenvalue weighted by Crippen LogP contribution is 2.23. The Bertz CT molecular complexity index is 297. The second-order valence-corrected chi connectivity index (χ2v) is 6.88. The Morgan fingerprint density at radius 2 is 1.81 bits per heavy atom. The van der Waals surface area contributed by atoms with Crippen LogP contribution in [0, 0.1) is 5.92 Å². The lowest BCUT2D eigenvalue weighted by atomic mass is 9.91. The molecule has 4 heteroatoms. The van der Waals surface area contributed by atoms with Crippen LogP contribution in [0.25, 0.3) is 0 Å². The standard InChI is InChI=1S/C17H34N2O2/c1-13(2)18-17(20)15(5)19-10-8-16(9-11-19)7-6-12-21-14(3)4/h13-16H,6-12H2,1-5H3,(H,18,20)/t15-/m1/s1. The van der Waals surface area contributed by atoms with E-state index in [1.54, 1.807) is 0 Å². The summed E-state index contributed by atoms with van der Waals surface area (Å²) in [5.41, 5.74) is 0. The van der Waals surface area contributed by atoms with Gasteiger partial charge in [0, 0.05) is 12.6 Å². The monoisotopic (exact) mass is 298 g/mol. The van der Waals surface area contributed by atoms with Gasteiger partial charge in [-0.1, -0.05) is 0 Å². The van der Waals surface area contributed by atoms with Crippen LogP contribution in [-0.2, 0) is 9.53 Å². The van der Waals surface area contributed by atoms with Gasteiger partial charge in [-0.05, 0) is 79.3 Å². The Labute approximate surface area is 130 Å². The fraction of sp³-hybridized carbons (Fsp3) is 0.941. The molecule has 4 nitrogen and oxygen atoms in total. The summed E-state index contributed by atoms with van der Waals surface area (Å²) in [5.74, 6) is 0.964. The number of piperidine rings is 1. The van der Waals surface area contributed by atoms with E-state index in [4.69, 9.17) is 4.74 Å². The number of nitrogens with zero attached hydrogens (tertiary/aromatic N) is 1. The molecule has 0 unspecified atom stereocenters. The first kappa shape index (κ1) is 18.4. The first-order valence-electron chi connectivity index (χ1n) is 8.56. The second-order valence-electron chi connectivity index (χ2n) is 6.88. The highest BCUT2D eigenvalue weighted by molar-refractivity contribution is 5.81. The van der Waals surface area contributed by atoms with E-state index in [0.717, 1.165) is 32.0 Å². The van der Waals surface area contributed by atoms with E-state index >= 15 is 0 Å². The topological polar surface area (TPSA) is 41.6 Å². The molecule has 1 amide bonds. The minimum absolute atomic E-state index is 0.00220. The Morgan fingerprint density at radius 1 is 1.19 bits per heavy atom. The number of hydrogen-bond acceptors (Lipinski definition) is 3. The van der Waals surface area contributed by atoms with Gasteiger partial charge in [-0.3, -0.25) is 9.69 Å². The lowest BCUT2D eigenvalue weighted by Crippen LogP contribution is -2.49. The SMILES string of the molecule is CC(C)NC(=O)[C@@H](C)N1CCC(CCCOC(C)C)CC1. The lowest BCUT2D eigenvalue weighted by Gasteiger charge is -2.35. The number of likely N-dealkylation sites (tertiary alicyclic amines) is 1. The van der Waals surface area contributed by atoms with Crippen LogP contribution < -0.4 is 5.32 Å². The third-order valence-corrected chi connectivity index (χ3v) is 4.22. The molecule has 1 N–H and O–H groups in total. The minimum atomic E-state index is -0.00220. The maximum atomic E-state index is 12.0. The Balaban J connectivity index is 2.20. The molecule has 1 rings (SSSR count). The Hall–Kier alpha value is -0.610. The zero-order chi connectivity index (χ0) is 15.8. The van der Waals surface area contributed by atoms with Crippen LogP contribution in [0.1, 0.15) is 60.3 Å². The molecular formula is C17H34N2O2. The zero-order valence-electron chi connectivity index (χ0n) is 14.5. The van der Waals surface area contributed by atoms with Crippen LogP contribution in [0.5, 0.6) is 0 Å². The van der Waals surface area contributed by atoms with E-state index in [0.29, 0.717) is 6.10 Å². The molecule has 1 fully saturated rings. The van der Waals surface area contributed by atoms with Crippen molar-refractivity contribution in [1.29, 1.82) is 0 Å². The predicted molar refractivity (Wildman–Crippen MR) is 87.4 cm³/mol. The molecule has 0 radical (unpaired) electrons. The summed E-state index contributed by atoms with van der Waals surface area (Å²) in [4.78, 5) is 14.4. The first-order chi connectivity index (χ1) is 9.90. The van der Waals surface area contributed by atoms with Gasteiger partial charge in [0.1, 0.15) is 0 Å². The highest BCUT2D eigenvalue weighted by Gasteiger charge is 2.26. The number of carbonyl (C=O) groups is 1. The molecule has 1 atom stereocenters. The van der Waals surface area contributed by atoms with Crippen molar-refractivity contribution in [2.45, 2.75) is 78.5 Å². The zero-order valence-corrected chi connectivity index (χ0v) is 14.5. The maximum Gasteiger partial charge on any atom is 0.237 e. The van der Waals surface area contributed by atoms with Gasteiger partial charge in [-0.25, -0.2) is 0 Å². The average Bonchev–Trinajstić information content (AvgIpc) is 2.42. The van der Waals surface area contributed by atoms with Gasteiger partial charge >= 0.3 is 0 Å². The molecule has 0 aromatic carbocycles. The van der Waals surface area contributed by atoms with E-state index < -0.39 is 0 Å². The summed E-state index contributed by atoms with van der Waals surface area (Å²) in [5, 5.41) is 3.01. The van der Waals surface area contributed by atoms with Crippen LogP contribution >= 0.6 is 0 Å². The average molecular weight is 298 g/mol. The summed E-state index contributed by atoms with van der Waals surface area (Å²) < 4.78 is 5.60. The van der Waals surface area contributed by atoms with Crippen molar-refractivity contribution < 1.29 is 9.53 Å². The Morgan fingerprint density at radius 3 is 2.33 bits per heavy atom. The molecule has 1 heterocycles. The summed E-state index contributed by atoms with van der Waals surface area (Å²) in [6.45, 7) is 13.2. The van der Waals surface area contributed by atoms with Gasteiger partial charge < -0.3 is 10.1 Å². The predicted octanol–water partition coefficient (Wildman–Crippen LogP) is 2.82. The molecule has 0 aromatic rings. The van der Waals surface area contributed by atoms with Crippen molar-refractivity contribution in [3.63, 3.8) is 0 Å². The van der Waals surface area contributed by atoms with E-state index in [2.05, 4.69) is 24.1 Å². The molecule has 0 saturated carbocycles. The normalized spacial score (nSPS) is 19.2. The van der Waals surface area contributed by atoms with Crippen LogP contribution in [-0.4, -0.2) is 48.7 Å². The number of carbonyl (C=O) groups excluding carboxylic acids is 1. The summed E-state index contributed by atoms with van der Waals surface area (Å²) >= 11 is 0. The molecule has 1 aliphatic rings. The second kappa shape index (κ2) is 9.42. The van der Waals surface area contributed by atoms with Crippen molar-refractivity contribution in [2.75, 3.05) is 19.7 Å². The van der Waals surface area contributed by atoms with Gasteiger partial charge in [-0.2, -0.15) is 0 Å². The molecule has 124 valence electrons. The number of amides is 1. The maximum absolute atomic E-state index is 12.0. The Kier molecular flexibility index (Phi) is 8.27. The van der Waals surface area contributed by atoms with Gasteiger partial charge in [-0.15, -0.1) is 0 Å². The van der Waals surface area contributed by atoms with Crippen molar-refractivity contribution in [1.82, 2.24) is 10.2 Å². The molecule has 0 aromatic heterocycles. The van der Waals surface area contributed by atoms with E-state index in [-0.39, 0.29) is 18.0 Å². The molecule has 0 aliphatic carbocycles. The quantitative estimate of drug-likeness (QED) is 0.701. The number of hydrogen-bond donors (Lipinski definition) is 1. The smallest absolute Gasteiger partial charge is 0.237 e. The number of nitrogens with one attached hydrogen (secondary N) is 1. The molecule has 0 bridgehead atoms. The molecule has 21 heavy (non-hydrogen) atoms. The van der Waals surface area contributed by atoms with Gasteiger partial charge in [0.25, 0.3) is 0 Å². The summed E-state index contributed by atoms with van der Waals surface area (Å²) in [7, 11) is 0. The van der Waals surface area contributed by atoms with Crippen molar-refractivity contribution in [3.8, 4) is 0 Å². The van der Waals surface area contributed by atoms with Crippen molar-refractivity contribution in [3.05, 3.63) is 0 Å². The fourth-order valence-corrected chi connectivity index (χ4v) is 2.89. The largest absolute Gasteiger partial charge is 0.379 e. The lowest BCUT2D eigenvalue weighted by molar-refractivity contribution is -0.127. The molecule has 0 spiro atoms. The van der Waals surface area contributed by atoms with Crippen molar-refractivity contribution >= 4 is 5.91 Å². The first-order valence-corrected chi connectivity index (χ1v) is 8.56. The van der Waals surface area contributed by atoms with Gasteiger partial charge in [0.15, 0.2) is 0 Å².